The van der Waals surface area contributed by atoms with E-state index >= 15 is 0 Å². The molecule has 2 aromatic carbocycles. The highest BCUT2D eigenvalue weighted by atomic mass is 16.4. The van der Waals surface area contributed by atoms with Crippen LogP contribution in [0, 0.1) is 6.92 Å². The van der Waals surface area contributed by atoms with Crippen LogP contribution in [0.2, 0.25) is 0 Å². The number of piperidine rings is 1. The second kappa shape index (κ2) is 10.3. The quantitative estimate of drug-likeness (QED) is 0.522. The molecule has 1 aliphatic heterocycles. The fraction of sp³-hybridized carbons (Fsp3) is 0.345. The number of fused-ring (bicyclic) bond motifs is 1. The van der Waals surface area contributed by atoms with Crippen LogP contribution in [0.1, 0.15) is 76.6 Å². The van der Waals surface area contributed by atoms with Crippen molar-refractivity contribution in [3.8, 4) is 0 Å². The Bertz CT molecular complexity index is 1190. The van der Waals surface area contributed by atoms with Crippen LogP contribution in [0.4, 0.5) is 0 Å². The van der Waals surface area contributed by atoms with E-state index in [0.29, 0.717) is 5.76 Å². The van der Waals surface area contributed by atoms with Gasteiger partial charge in [-0.25, -0.2) is 5.43 Å². The van der Waals surface area contributed by atoms with E-state index in [9.17, 15) is 9.59 Å². The summed E-state index contributed by atoms with van der Waals surface area (Å²) in [6, 6.07) is 19.5. The van der Waals surface area contributed by atoms with Gasteiger partial charge in [0.25, 0.3) is 11.8 Å². The second-order valence-corrected chi connectivity index (χ2v) is 9.35. The number of carbonyl (C=O) groups is 2. The highest BCUT2D eigenvalue weighted by Crippen LogP contribution is 2.31. The predicted molar refractivity (Wildman–Crippen MR) is 136 cm³/mol. The van der Waals surface area contributed by atoms with Gasteiger partial charge in [0.15, 0.2) is 5.76 Å². The molecule has 1 N–H and O–H groups in total. The third-order valence-corrected chi connectivity index (χ3v) is 6.99. The fourth-order valence-electron chi connectivity index (χ4n) is 5.20. The summed E-state index contributed by atoms with van der Waals surface area (Å²) >= 11 is 0. The molecule has 2 amide bonds. The Morgan fingerprint density at radius 3 is 2.14 bits per heavy atom. The SMILES string of the molecule is Cc1c(C(=O)N2CCCCC2)oc2c1/C(=N/NC(=O)C(c1ccccc1)c1ccccc1)CCC2. The van der Waals surface area contributed by atoms with Crippen LogP contribution in [0.25, 0.3) is 0 Å². The molecule has 35 heavy (non-hydrogen) atoms. The third kappa shape index (κ3) is 4.78. The number of nitrogens with one attached hydrogen (secondary N) is 1. The molecule has 0 atom stereocenters. The lowest BCUT2D eigenvalue weighted by atomic mass is 9.90. The molecular formula is C29H31N3O3. The van der Waals surface area contributed by atoms with E-state index in [0.717, 1.165) is 78.9 Å². The van der Waals surface area contributed by atoms with E-state index in [-0.39, 0.29) is 11.8 Å². The van der Waals surface area contributed by atoms with E-state index in [1.807, 2.05) is 72.5 Å². The molecule has 2 heterocycles. The van der Waals surface area contributed by atoms with Gasteiger partial charge in [-0.05, 0) is 50.2 Å². The summed E-state index contributed by atoms with van der Waals surface area (Å²) in [6.45, 7) is 3.49. The standard InChI is InChI=1S/C29H31N3O3/c1-20-25-23(16-11-17-24(25)35-27(20)29(34)32-18-9-4-10-19-32)30-31-28(33)26(21-12-5-2-6-13-21)22-14-7-3-8-15-22/h2-3,5-8,12-15,26H,4,9-11,16-19H2,1H3,(H,31,33)/b30-23+. The Kier molecular flexibility index (Phi) is 6.80. The average molecular weight is 470 g/mol. The monoisotopic (exact) mass is 469 g/mol. The summed E-state index contributed by atoms with van der Waals surface area (Å²) in [5, 5.41) is 4.57. The van der Waals surface area contributed by atoms with Gasteiger partial charge < -0.3 is 9.32 Å². The Morgan fingerprint density at radius 2 is 1.51 bits per heavy atom. The van der Waals surface area contributed by atoms with Crippen LogP contribution >= 0.6 is 0 Å². The first kappa shape index (κ1) is 23.1. The number of benzene rings is 2. The summed E-state index contributed by atoms with van der Waals surface area (Å²) in [5.41, 5.74) is 7.14. The molecule has 6 nitrogen and oxygen atoms in total. The summed E-state index contributed by atoms with van der Waals surface area (Å²) in [4.78, 5) is 28.4. The van der Waals surface area contributed by atoms with Crippen LogP contribution < -0.4 is 5.43 Å². The van der Waals surface area contributed by atoms with E-state index in [2.05, 4.69) is 10.5 Å². The van der Waals surface area contributed by atoms with Crippen molar-refractivity contribution in [2.75, 3.05) is 13.1 Å². The lowest BCUT2D eigenvalue weighted by Crippen LogP contribution is -2.35. The van der Waals surface area contributed by atoms with Crippen LogP contribution in [0.5, 0.6) is 0 Å². The van der Waals surface area contributed by atoms with E-state index in [1.165, 1.54) is 6.42 Å². The number of furan rings is 1. The average Bonchev–Trinajstić information content (AvgIpc) is 3.26. The van der Waals surface area contributed by atoms with Crippen molar-refractivity contribution in [3.63, 3.8) is 0 Å². The topological polar surface area (TPSA) is 74.9 Å². The predicted octanol–water partition coefficient (Wildman–Crippen LogP) is 5.20. The molecule has 6 heteroatoms. The molecular weight excluding hydrogens is 438 g/mol. The lowest BCUT2D eigenvalue weighted by molar-refractivity contribution is -0.121. The molecule has 0 radical (unpaired) electrons. The van der Waals surface area contributed by atoms with Crippen molar-refractivity contribution in [1.29, 1.82) is 0 Å². The molecule has 1 saturated heterocycles. The largest absolute Gasteiger partial charge is 0.455 e. The van der Waals surface area contributed by atoms with Crippen molar-refractivity contribution in [2.45, 2.75) is 51.4 Å². The third-order valence-electron chi connectivity index (χ3n) is 6.99. The zero-order valence-electron chi connectivity index (χ0n) is 20.1. The number of likely N-dealkylation sites (tertiary alicyclic amines) is 1. The first-order chi connectivity index (χ1) is 17.1. The maximum Gasteiger partial charge on any atom is 0.289 e. The molecule has 0 saturated carbocycles. The first-order valence-corrected chi connectivity index (χ1v) is 12.5. The van der Waals surface area contributed by atoms with E-state index in [4.69, 9.17) is 4.42 Å². The van der Waals surface area contributed by atoms with Gasteiger partial charge in [-0.15, -0.1) is 0 Å². The molecule has 3 aromatic rings. The Hall–Kier alpha value is -3.67. The van der Waals surface area contributed by atoms with Gasteiger partial charge in [0, 0.05) is 30.6 Å². The van der Waals surface area contributed by atoms with Crippen LogP contribution in [-0.4, -0.2) is 35.5 Å². The Balaban J connectivity index is 1.41. The molecule has 1 aromatic heterocycles. The molecule has 1 aliphatic carbocycles. The Labute approximate surface area is 206 Å². The molecule has 0 spiro atoms. The van der Waals surface area contributed by atoms with Gasteiger partial charge in [-0.2, -0.15) is 5.10 Å². The van der Waals surface area contributed by atoms with Gasteiger partial charge in [-0.1, -0.05) is 60.7 Å². The number of hydrazone groups is 1. The minimum Gasteiger partial charge on any atom is -0.455 e. The van der Waals surface area contributed by atoms with Gasteiger partial charge in [0.1, 0.15) is 5.76 Å². The molecule has 180 valence electrons. The van der Waals surface area contributed by atoms with Crippen LogP contribution in [0.3, 0.4) is 0 Å². The van der Waals surface area contributed by atoms with Gasteiger partial charge in [-0.3, -0.25) is 9.59 Å². The number of hydrogen-bond acceptors (Lipinski definition) is 4. The maximum atomic E-state index is 13.4. The van der Waals surface area contributed by atoms with Crippen LogP contribution in [-0.2, 0) is 11.2 Å². The minimum atomic E-state index is -0.466. The highest BCUT2D eigenvalue weighted by molar-refractivity contribution is 6.07. The van der Waals surface area contributed by atoms with Crippen LogP contribution in [0.15, 0.2) is 70.2 Å². The molecule has 5 rings (SSSR count). The fourth-order valence-corrected chi connectivity index (χ4v) is 5.20. The summed E-state index contributed by atoms with van der Waals surface area (Å²) in [5.74, 6) is 0.529. The molecule has 0 bridgehead atoms. The highest BCUT2D eigenvalue weighted by Gasteiger charge is 2.31. The summed E-state index contributed by atoms with van der Waals surface area (Å²) in [7, 11) is 0. The lowest BCUT2D eigenvalue weighted by Gasteiger charge is -2.25. The van der Waals surface area contributed by atoms with Crippen molar-refractivity contribution >= 4 is 17.5 Å². The van der Waals surface area contributed by atoms with Gasteiger partial charge in [0.2, 0.25) is 0 Å². The number of hydrogen-bond donors (Lipinski definition) is 1. The van der Waals surface area contributed by atoms with Crippen molar-refractivity contribution in [2.24, 2.45) is 5.10 Å². The first-order valence-electron chi connectivity index (χ1n) is 12.5. The number of nitrogens with zero attached hydrogens (tertiary/aromatic N) is 2. The van der Waals surface area contributed by atoms with E-state index in [1.54, 1.807) is 0 Å². The smallest absolute Gasteiger partial charge is 0.289 e. The molecule has 0 unspecified atom stereocenters. The van der Waals surface area contributed by atoms with Crippen molar-refractivity contribution in [1.82, 2.24) is 10.3 Å². The Morgan fingerprint density at radius 1 is 0.886 bits per heavy atom. The second-order valence-electron chi connectivity index (χ2n) is 9.35. The zero-order chi connectivity index (χ0) is 24.2. The zero-order valence-corrected chi connectivity index (χ0v) is 20.1. The normalized spacial score (nSPS) is 16.9. The molecule has 2 aliphatic rings. The number of amides is 2. The minimum absolute atomic E-state index is 0.0341. The van der Waals surface area contributed by atoms with Gasteiger partial charge >= 0.3 is 0 Å². The molecule has 1 fully saturated rings. The summed E-state index contributed by atoms with van der Waals surface area (Å²) in [6.07, 6.45) is 5.61. The summed E-state index contributed by atoms with van der Waals surface area (Å²) < 4.78 is 6.09. The number of carbonyl (C=O) groups excluding carboxylic acids is 2. The van der Waals surface area contributed by atoms with Crippen molar-refractivity contribution in [3.05, 3.63) is 94.4 Å². The van der Waals surface area contributed by atoms with Crippen molar-refractivity contribution < 1.29 is 14.0 Å². The van der Waals surface area contributed by atoms with E-state index < -0.39 is 5.92 Å². The number of aryl methyl sites for hydroxylation is 1. The van der Waals surface area contributed by atoms with Gasteiger partial charge in [0.05, 0.1) is 11.6 Å². The number of rotatable bonds is 5. The maximum absolute atomic E-state index is 13.4.